The van der Waals surface area contributed by atoms with Gasteiger partial charge >= 0.3 is 0 Å². The quantitative estimate of drug-likeness (QED) is 0.562. The van der Waals surface area contributed by atoms with Gasteiger partial charge in [-0.15, -0.1) is 0 Å². The SMILES string of the molecule is CCOCCCOc1c(C)cccc1CBr. The molecule has 0 aromatic heterocycles. The first-order valence-corrected chi connectivity index (χ1v) is 6.76. The highest BCUT2D eigenvalue weighted by atomic mass is 79.9. The van der Waals surface area contributed by atoms with Gasteiger partial charge in [0.1, 0.15) is 5.75 Å². The first-order valence-electron chi connectivity index (χ1n) is 5.64. The number of benzene rings is 1. The van der Waals surface area contributed by atoms with Crippen LogP contribution in [-0.4, -0.2) is 19.8 Å². The van der Waals surface area contributed by atoms with E-state index in [2.05, 4.69) is 41.1 Å². The van der Waals surface area contributed by atoms with E-state index in [1.807, 2.05) is 6.92 Å². The van der Waals surface area contributed by atoms with Crippen LogP contribution in [0.1, 0.15) is 24.5 Å². The molecule has 0 aliphatic rings. The third kappa shape index (κ3) is 4.14. The minimum absolute atomic E-state index is 0.713. The van der Waals surface area contributed by atoms with Crippen molar-refractivity contribution in [3.05, 3.63) is 29.3 Å². The highest BCUT2D eigenvalue weighted by Gasteiger charge is 2.05. The van der Waals surface area contributed by atoms with Gasteiger partial charge in [0.15, 0.2) is 0 Å². The van der Waals surface area contributed by atoms with E-state index in [0.717, 1.165) is 30.7 Å². The standard InChI is InChI=1S/C13H19BrO2/c1-3-15-8-5-9-16-13-11(2)6-4-7-12(13)10-14/h4,6-7H,3,5,8-10H2,1-2H3. The Morgan fingerprint density at radius 3 is 2.75 bits per heavy atom. The number of halogens is 1. The summed E-state index contributed by atoms with van der Waals surface area (Å²) >= 11 is 3.47. The predicted octanol–water partition coefficient (Wildman–Crippen LogP) is 3.70. The van der Waals surface area contributed by atoms with Gasteiger partial charge in [0, 0.05) is 30.5 Å². The second-order valence-electron chi connectivity index (χ2n) is 3.60. The molecule has 0 amide bonds. The molecule has 0 atom stereocenters. The molecule has 16 heavy (non-hydrogen) atoms. The summed E-state index contributed by atoms with van der Waals surface area (Å²) in [6.07, 6.45) is 0.934. The van der Waals surface area contributed by atoms with Crippen molar-refractivity contribution in [3.8, 4) is 5.75 Å². The van der Waals surface area contributed by atoms with E-state index in [1.54, 1.807) is 0 Å². The van der Waals surface area contributed by atoms with Crippen molar-refractivity contribution < 1.29 is 9.47 Å². The third-order valence-corrected chi connectivity index (χ3v) is 2.93. The average molecular weight is 287 g/mol. The lowest BCUT2D eigenvalue weighted by molar-refractivity contribution is 0.130. The normalized spacial score (nSPS) is 10.4. The largest absolute Gasteiger partial charge is 0.493 e. The zero-order valence-electron chi connectivity index (χ0n) is 9.96. The number of alkyl halides is 1. The number of hydrogen-bond donors (Lipinski definition) is 0. The topological polar surface area (TPSA) is 18.5 Å². The molecular formula is C13H19BrO2. The Morgan fingerprint density at radius 2 is 2.06 bits per heavy atom. The Balaban J connectivity index is 2.46. The van der Waals surface area contributed by atoms with Crippen LogP contribution < -0.4 is 4.74 Å². The first-order chi connectivity index (χ1) is 7.79. The predicted molar refractivity (Wildman–Crippen MR) is 70.4 cm³/mol. The van der Waals surface area contributed by atoms with Crippen LogP contribution in [0.5, 0.6) is 5.75 Å². The van der Waals surface area contributed by atoms with Crippen molar-refractivity contribution in [2.45, 2.75) is 25.6 Å². The maximum Gasteiger partial charge on any atom is 0.126 e. The first kappa shape index (κ1) is 13.5. The lowest BCUT2D eigenvalue weighted by atomic mass is 10.1. The second-order valence-corrected chi connectivity index (χ2v) is 4.16. The Kier molecular flexibility index (Phi) is 6.50. The molecule has 0 aliphatic heterocycles. The van der Waals surface area contributed by atoms with Crippen LogP contribution in [0.15, 0.2) is 18.2 Å². The van der Waals surface area contributed by atoms with E-state index < -0.39 is 0 Å². The Hall–Kier alpha value is -0.540. The van der Waals surface area contributed by atoms with Crippen molar-refractivity contribution in [2.24, 2.45) is 0 Å². The van der Waals surface area contributed by atoms with E-state index in [1.165, 1.54) is 11.1 Å². The van der Waals surface area contributed by atoms with Crippen LogP contribution >= 0.6 is 15.9 Å². The van der Waals surface area contributed by atoms with Crippen LogP contribution in [-0.2, 0) is 10.1 Å². The molecule has 90 valence electrons. The van der Waals surface area contributed by atoms with Crippen molar-refractivity contribution in [1.29, 1.82) is 0 Å². The van der Waals surface area contributed by atoms with E-state index in [0.29, 0.717) is 6.61 Å². The van der Waals surface area contributed by atoms with Gasteiger partial charge in [-0.05, 0) is 19.4 Å². The van der Waals surface area contributed by atoms with Gasteiger partial charge in [-0.3, -0.25) is 0 Å². The molecule has 0 saturated heterocycles. The van der Waals surface area contributed by atoms with Crippen LogP contribution in [0.3, 0.4) is 0 Å². The van der Waals surface area contributed by atoms with E-state index in [-0.39, 0.29) is 0 Å². The van der Waals surface area contributed by atoms with Gasteiger partial charge in [0.2, 0.25) is 0 Å². The number of rotatable bonds is 7. The fourth-order valence-corrected chi connectivity index (χ4v) is 1.95. The molecule has 0 unspecified atom stereocenters. The van der Waals surface area contributed by atoms with E-state index >= 15 is 0 Å². The minimum atomic E-state index is 0.713. The highest BCUT2D eigenvalue weighted by Crippen LogP contribution is 2.25. The third-order valence-electron chi connectivity index (χ3n) is 2.32. The number of hydrogen-bond acceptors (Lipinski definition) is 2. The molecule has 0 fully saturated rings. The summed E-state index contributed by atoms with van der Waals surface area (Å²) < 4.78 is 11.1. The minimum Gasteiger partial charge on any atom is -0.493 e. The summed E-state index contributed by atoms with van der Waals surface area (Å²) in [5.74, 6) is 1.01. The lowest BCUT2D eigenvalue weighted by Gasteiger charge is -2.12. The maximum absolute atomic E-state index is 5.80. The molecule has 1 aromatic carbocycles. The molecule has 1 aromatic rings. The molecule has 0 bridgehead atoms. The van der Waals surface area contributed by atoms with Crippen LogP contribution in [0.2, 0.25) is 0 Å². The Labute approximate surface area is 106 Å². The number of aryl methyl sites for hydroxylation is 1. The summed E-state index contributed by atoms with van der Waals surface area (Å²) in [6, 6.07) is 6.21. The van der Waals surface area contributed by atoms with Gasteiger partial charge < -0.3 is 9.47 Å². The molecule has 3 heteroatoms. The molecule has 0 heterocycles. The number of para-hydroxylation sites is 1. The second kappa shape index (κ2) is 7.69. The molecule has 0 radical (unpaired) electrons. The molecule has 2 nitrogen and oxygen atoms in total. The summed E-state index contributed by atoms with van der Waals surface area (Å²) in [4.78, 5) is 0. The fourth-order valence-electron chi connectivity index (χ4n) is 1.50. The zero-order valence-corrected chi connectivity index (χ0v) is 11.5. The maximum atomic E-state index is 5.80. The zero-order chi connectivity index (χ0) is 11.8. The highest BCUT2D eigenvalue weighted by molar-refractivity contribution is 9.08. The Morgan fingerprint density at radius 1 is 1.25 bits per heavy atom. The van der Waals surface area contributed by atoms with Crippen molar-refractivity contribution in [3.63, 3.8) is 0 Å². The van der Waals surface area contributed by atoms with Crippen molar-refractivity contribution in [1.82, 2.24) is 0 Å². The van der Waals surface area contributed by atoms with Gasteiger partial charge in [0.25, 0.3) is 0 Å². The van der Waals surface area contributed by atoms with Crippen LogP contribution in [0.4, 0.5) is 0 Å². The van der Waals surface area contributed by atoms with E-state index in [4.69, 9.17) is 9.47 Å². The molecule has 0 saturated carbocycles. The molecule has 0 N–H and O–H groups in total. The Bertz CT molecular complexity index is 313. The van der Waals surface area contributed by atoms with Crippen molar-refractivity contribution >= 4 is 15.9 Å². The molecule has 0 aliphatic carbocycles. The summed E-state index contributed by atoms with van der Waals surface area (Å²) in [5, 5.41) is 0.829. The van der Waals surface area contributed by atoms with Crippen molar-refractivity contribution in [2.75, 3.05) is 19.8 Å². The fraction of sp³-hybridized carbons (Fsp3) is 0.538. The molecular weight excluding hydrogens is 268 g/mol. The van der Waals surface area contributed by atoms with Gasteiger partial charge in [-0.25, -0.2) is 0 Å². The van der Waals surface area contributed by atoms with Gasteiger partial charge in [-0.2, -0.15) is 0 Å². The summed E-state index contributed by atoms with van der Waals surface area (Å²) in [5.41, 5.74) is 2.39. The monoisotopic (exact) mass is 286 g/mol. The average Bonchev–Trinajstić information content (AvgIpc) is 2.30. The lowest BCUT2D eigenvalue weighted by Crippen LogP contribution is -2.05. The van der Waals surface area contributed by atoms with Gasteiger partial charge in [-0.1, -0.05) is 34.1 Å². The van der Waals surface area contributed by atoms with Gasteiger partial charge in [0.05, 0.1) is 6.61 Å². The smallest absolute Gasteiger partial charge is 0.126 e. The summed E-state index contributed by atoms with van der Waals surface area (Å²) in [7, 11) is 0. The molecule has 1 rings (SSSR count). The van der Waals surface area contributed by atoms with Crippen LogP contribution in [0, 0.1) is 6.92 Å². The van der Waals surface area contributed by atoms with Crippen LogP contribution in [0.25, 0.3) is 0 Å². The number of ether oxygens (including phenoxy) is 2. The molecule has 0 spiro atoms. The van der Waals surface area contributed by atoms with E-state index in [9.17, 15) is 0 Å². The summed E-state index contributed by atoms with van der Waals surface area (Å²) in [6.45, 7) is 6.34.